The van der Waals surface area contributed by atoms with E-state index in [9.17, 15) is 9.18 Å². The molecule has 1 amide bonds. The Hall–Kier alpha value is -3.02. The first kappa shape index (κ1) is 15.9. The van der Waals surface area contributed by atoms with Crippen molar-refractivity contribution in [2.75, 3.05) is 5.32 Å². The van der Waals surface area contributed by atoms with E-state index in [1.807, 2.05) is 39.0 Å². The van der Waals surface area contributed by atoms with Crippen LogP contribution in [0.3, 0.4) is 0 Å². The van der Waals surface area contributed by atoms with Gasteiger partial charge in [0.1, 0.15) is 0 Å². The monoisotopic (exact) mass is 324 g/mol. The van der Waals surface area contributed by atoms with Crippen molar-refractivity contribution in [2.24, 2.45) is 0 Å². The average Bonchev–Trinajstić information content (AvgIpc) is 2.93. The van der Waals surface area contributed by atoms with Crippen LogP contribution in [0, 0.1) is 26.6 Å². The van der Waals surface area contributed by atoms with Gasteiger partial charge in [-0.05, 0) is 44.0 Å². The van der Waals surface area contributed by atoms with Crippen LogP contribution in [0.15, 0.2) is 42.9 Å². The number of hydrogen-bond donors (Lipinski definition) is 1. The minimum Gasteiger partial charge on any atom is -0.319 e. The molecule has 3 aromatic rings. The van der Waals surface area contributed by atoms with Gasteiger partial charge in [-0.1, -0.05) is 12.1 Å². The van der Waals surface area contributed by atoms with Crippen LogP contribution >= 0.6 is 0 Å². The Kier molecular flexibility index (Phi) is 4.12. The Morgan fingerprint density at radius 1 is 1.17 bits per heavy atom. The summed E-state index contributed by atoms with van der Waals surface area (Å²) in [7, 11) is 0. The van der Waals surface area contributed by atoms with Crippen molar-refractivity contribution >= 4 is 11.6 Å². The Labute approximate surface area is 139 Å². The van der Waals surface area contributed by atoms with Gasteiger partial charge in [-0.3, -0.25) is 9.78 Å². The number of anilines is 1. The normalized spacial score (nSPS) is 10.7. The highest BCUT2D eigenvalue weighted by atomic mass is 19.1. The lowest BCUT2D eigenvalue weighted by molar-refractivity contribution is 0.102. The summed E-state index contributed by atoms with van der Waals surface area (Å²) in [4.78, 5) is 16.1. The number of nitrogens with zero attached hydrogens (tertiary/aromatic N) is 3. The lowest BCUT2D eigenvalue weighted by Crippen LogP contribution is -2.14. The van der Waals surface area contributed by atoms with Crippen molar-refractivity contribution < 1.29 is 9.18 Å². The fraction of sp³-hybridized carbons (Fsp3) is 0.167. The van der Waals surface area contributed by atoms with E-state index in [0.29, 0.717) is 11.3 Å². The quantitative estimate of drug-likeness (QED) is 0.801. The Balaban J connectivity index is 1.94. The summed E-state index contributed by atoms with van der Waals surface area (Å²) in [5, 5.41) is 6.87. The molecule has 0 bridgehead atoms. The number of carbonyl (C=O) groups is 1. The molecule has 0 saturated heterocycles. The second-order valence-corrected chi connectivity index (χ2v) is 5.66. The standard InChI is InChI=1S/C18H17FN4O/c1-11-4-5-12(2)17(8-11)23-13(3)14(9-21-23)18(24)22-16-6-7-20-10-15(16)19/h4-10H,1-3H3,(H,20,22,24). The van der Waals surface area contributed by atoms with Gasteiger partial charge in [-0.15, -0.1) is 0 Å². The maximum Gasteiger partial charge on any atom is 0.259 e. The number of amides is 1. The Bertz CT molecular complexity index is 917. The van der Waals surface area contributed by atoms with Gasteiger partial charge in [-0.25, -0.2) is 9.07 Å². The summed E-state index contributed by atoms with van der Waals surface area (Å²) in [5.74, 6) is -0.987. The minimum atomic E-state index is -0.578. The van der Waals surface area contributed by atoms with Gasteiger partial charge in [-0.2, -0.15) is 5.10 Å². The second-order valence-electron chi connectivity index (χ2n) is 5.66. The third-order valence-electron chi connectivity index (χ3n) is 3.87. The van der Waals surface area contributed by atoms with Gasteiger partial charge in [0.2, 0.25) is 0 Å². The number of benzene rings is 1. The van der Waals surface area contributed by atoms with Crippen molar-refractivity contribution in [3.05, 3.63) is 71.1 Å². The lowest BCUT2D eigenvalue weighted by atomic mass is 10.1. The third kappa shape index (κ3) is 2.90. The zero-order chi connectivity index (χ0) is 17.3. The number of hydrogen-bond acceptors (Lipinski definition) is 3. The predicted molar refractivity (Wildman–Crippen MR) is 89.9 cm³/mol. The molecule has 2 aromatic heterocycles. The van der Waals surface area contributed by atoms with Crippen LogP contribution < -0.4 is 5.32 Å². The maximum absolute atomic E-state index is 13.6. The van der Waals surface area contributed by atoms with E-state index < -0.39 is 11.7 Å². The molecule has 24 heavy (non-hydrogen) atoms. The highest BCUT2D eigenvalue weighted by molar-refractivity contribution is 6.05. The first-order chi connectivity index (χ1) is 11.5. The van der Waals surface area contributed by atoms with E-state index in [4.69, 9.17) is 0 Å². The zero-order valence-electron chi connectivity index (χ0n) is 13.7. The minimum absolute atomic E-state index is 0.0916. The van der Waals surface area contributed by atoms with Crippen LogP contribution in [0.5, 0.6) is 0 Å². The molecule has 3 rings (SSSR count). The first-order valence-electron chi connectivity index (χ1n) is 7.50. The van der Waals surface area contributed by atoms with Crippen LogP contribution in [0.4, 0.5) is 10.1 Å². The van der Waals surface area contributed by atoms with Crippen molar-refractivity contribution in [3.63, 3.8) is 0 Å². The number of pyridine rings is 1. The van der Waals surface area contributed by atoms with Gasteiger partial charge in [0.25, 0.3) is 5.91 Å². The SMILES string of the molecule is Cc1ccc(C)c(-n2ncc(C(=O)Nc3ccncc3F)c2C)c1. The molecule has 122 valence electrons. The van der Waals surface area contributed by atoms with E-state index in [1.54, 1.807) is 4.68 Å². The van der Waals surface area contributed by atoms with Gasteiger partial charge < -0.3 is 5.32 Å². The van der Waals surface area contributed by atoms with Gasteiger partial charge in [0, 0.05) is 6.20 Å². The fourth-order valence-electron chi connectivity index (χ4n) is 2.49. The molecule has 5 nitrogen and oxygen atoms in total. The molecule has 0 atom stereocenters. The van der Waals surface area contributed by atoms with Crippen LogP contribution in [0.2, 0.25) is 0 Å². The highest BCUT2D eigenvalue weighted by Gasteiger charge is 2.17. The summed E-state index contributed by atoms with van der Waals surface area (Å²) >= 11 is 0. The van der Waals surface area contributed by atoms with Crippen molar-refractivity contribution in [3.8, 4) is 5.69 Å². The molecule has 0 spiro atoms. The van der Waals surface area contributed by atoms with Crippen molar-refractivity contribution in [2.45, 2.75) is 20.8 Å². The summed E-state index contributed by atoms with van der Waals surface area (Å²) in [5.41, 5.74) is 4.26. The van der Waals surface area contributed by atoms with Gasteiger partial charge >= 0.3 is 0 Å². The van der Waals surface area contributed by atoms with E-state index in [-0.39, 0.29) is 5.69 Å². The van der Waals surface area contributed by atoms with Crippen LogP contribution in [-0.4, -0.2) is 20.7 Å². The fourth-order valence-corrected chi connectivity index (χ4v) is 2.49. The largest absolute Gasteiger partial charge is 0.319 e. The summed E-state index contributed by atoms with van der Waals surface area (Å²) in [6.45, 7) is 5.80. The maximum atomic E-state index is 13.6. The van der Waals surface area contributed by atoms with Gasteiger partial charge in [0.05, 0.1) is 35.0 Å². The topological polar surface area (TPSA) is 59.8 Å². The smallest absolute Gasteiger partial charge is 0.259 e. The number of halogens is 1. The molecule has 1 N–H and O–H groups in total. The number of aromatic nitrogens is 3. The molecule has 0 fully saturated rings. The van der Waals surface area contributed by atoms with Crippen molar-refractivity contribution in [1.29, 1.82) is 0 Å². The van der Waals surface area contributed by atoms with Crippen molar-refractivity contribution in [1.82, 2.24) is 14.8 Å². The summed E-state index contributed by atoms with van der Waals surface area (Å²) in [6, 6.07) is 7.46. The molecule has 1 aromatic carbocycles. The third-order valence-corrected chi connectivity index (χ3v) is 3.87. The predicted octanol–water partition coefficient (Wildman–Crippen LogP) is 3.58. The number of rotatable bonds is 3. The molecule has 0 unspecified atom stereocenters. The molecule has 0 radical (unpaired) electrons. The number of carbonyl (C=O) groups excluding carboxylic acids is 1. The number of nitrogens with one attached hydrogen (secondary N) is 1. The van der Waals surface area contributed by atoms with E-state index in [1.165, 1.54) is 18.5 Å². The molecule has 2 heterocycles. The lowest BCUT2D eigenvalue weighted by Gasteiger charge is -2.10. The molecule has 0 aliphatic carbocycles. The first-order valence-corrected chi connectivity index (χ1v) is 7.50. The molecular weight excluding hydrogens is 307 g/mol. The zero-order valence-corrected chi connectivity index (χ0v) is 13.7. The second kappa shape index (κ2) is 6.23. The number of aryl methyl sites for hydroxylation is 2. The van der Waals surface area contributed by atoms with Crippen LogP contribution in [0.1, 0.15) is 27.2 Å². The molecule has 0 aliphatic heterocycles. The van der Waals surface area contributed by atoms with Crippen LogP contribution in [-0.2, 0) is 0 Å². The van der Waals surface area contributed by atoms with Gasteiger partial charge in [0.15, 0.2) is 5.82 Å². The highest BCUT2D eigenvalue weighted by Crippen LogP contribution is 2.20. The van der Waals surface area contributed by atoms with E-state index in [2.05, 4.69) is 15.4 Å². The van der Waals surface area contributed by atoms with E-state index >= 15 is 0 Å². The summed E-state index contributed by atoms with van der Waals surface area (Å²) in [6.07, 6.45) is 3.97. The Morgan fingerprint density at radius 3 is 2.71 bits per heavy atom. The van der Waals surface area contributed by atoms with E-state index in [0.717, 1.165) is 23.0 Å². The summed E-state index contributed by atoms with van der Waals surface area (Å²) < 4.78 is 15.4. The molecule has 0 aliphatic rings. The Morgan fingerprint density at radius 2 is 1.96 bits per heavy atom. The van der Waals surface area contributed by atoms with Crippen LogP contribution in [0.25, 0.3) is 5.69 Å². The molecule has 6 heteroatoms. The molecular formula is C18H17FN4O. The molecule has 0 saturated carbocycles. The average molecular weight is 324 g/mol.